The normalized spacial score (nSPS) is 11.1. The van der Waals surface area contributed by atoms with Gasteiger partial charge in [-0.05, 0) is 64.3 Å². The number of hydrogen-bond donors (Lipinski definition) is 0. The fraction of sp³-hybridized carbons (Fsp3) is 0.125. The largest absolute Gasteiger partial charge is 0.490 e. The van der Waals surface area contributed by atoms with Gasteiger partial charge < -0.3 is 9.47 Å². The summed E-state index contributed by atoms with van der Waals surface area (Å²) in [4.78, 5) is 0. The molecule has 0 fully saturated rings. The molecule has 0 bridgehead atoms. The lowest BCUT2D eigenvalue weighted by Gasteiger charge is -2.15. The molecule has 3 aromatic rings. The van der Waals surface area contributed by atoms with Crippen LogP contribution in [0, 0.1) is 11.3 Å². The van der Waals surface area contributed by atoms with E-state index in [1.54, 1.807) is 24.3 Å². The van der Waals surface area contributed by atoms with Gasteiger partial charge in [0.15, 0.2) is 11.5 Å². The van der Waals surface area contributed by atoms with Gasteiger partial charge >= 0.3 is 0 Å². The Labute approximate surface area is 194 Å². The third kappa shape index (κ3) is 5.58. The van der Waals surface area contributed by atoms with E-state index < -0.39 is 0 Å². The van der Waals surface area contributed by atoms with Crippen LogP contribution in [-0.4, -0.2) is 6.61 Å². The number of halogens is 3. The maximum absolute atomic E-state index is 9.66. The predicted octanol–water partition coefficient (Wildman–Crippen LogP) is 7.80. The fourth-order valence-corrected chi connectivity index (χ4v) is 3.93. The molecule has 0 aliphatic carbocycles. The lowest BCUT2D eigenvalue weighted by atomic mass is 10.0. The summed E-state index contributed by atoms with van der Waals surface area (Å²) in [6, 6.07) is 20.9. The van der Waals surface area contributed by atoms with Crippen molar-refractivity contribution >= 4 is 50.8 Å². The van der Waals surface area contributed by atoms with Crippen LogP contribution in [0.3, 0.4) is 0 Å². The lowest BCUT2D eigenvalue weighted by molar-refractivity contribution is 0.267. The van der Waals surface area contributed by atoms with Crippen LogP contribution < -0.4 is 9.47 Å². The number of rotatable bonds is 7. The second-order valence-electron chi connectivity index (χ2n) is 6.33. The highest BCUT2D eigenvalue weighted by Gasteiger charge is 2.14. The minimum absolute atomic E-state index is 0.415. The molecule has 0 spiro atoms. The van der Waals surface area contributed by atoms with Crippen molar-refractivity contribution in [2.24, 2.45) is 0 Å². The Kier molecular flexibility index (Phi) is 7.81. The Balaban J connectivity index is 1.95. The maximum Gasteiger partial charge on any atom is 0.175 e. The second kappa shape index (κ2) is 10.5. The van der Waals surface area contributed by atoms with E-state index in [4.69, 9.17) is 32.7 Å². The second-order valence-corrected chi connectivity index (χ2v) is 8.03. The zero-order valence-electron chi connectivity index (χ0n) is 16.2. The van der Waals surface area contributed by atoms with Crippen molar-refractivity contribution in [3.63, 3.8) is 0 Å². The number of nitriles is 1. The third-order valence-corrected chi connectivity index (χ3v) is 5.35. The van der Waals surface area contributed by atoms with Crippen molar-refractivity contribution in [1.82, 2.24) is 0 Å². The minimum Gasteiger partial charge on any atom is -0.490 e. The molecule has 0 aliphatic rings. The molecule has 0 aliphatic heterocycles. The summed E-state index contributed by atoms with van der Waals surface area (Å²) in [5, 5.41) is 10.6. The third-order valence-electron chi connectivity index (χ3n) is 4.21. The fourth-order valence-electron chi connectivity index (χ4n) is 2.85. The van der Waals surface area contributed by atoms with E-state index in [2.05, 4.69) is 22.0 Å². The molecule has 0 heterocycles. The Morgan fingerprint density at radius 2 is 1.83 bits per heavy atom. The van der Waals surface area contributed by atoms with Gasteiger partial charge in [-0.25, -0.2) is 0 Å². The first-order valence-corrected chi connectivity index (χ1v) is 10.8. The van der Waals surface area contributed by atoms with E-state index in [9.17, 15) is 5.26 Å². The zero-order valence-corrected chi connectivity index (χ0v) is 19.3. The first kappa shape index (κ1) is 22.2. The van der Waals surface area contributed by atoms with Gasteiger partial charge in [-0.3, -0.25) is 0 Å². The zero-order chi connectivity index (χ0) is 21.5. The van der Waals surface area contributed by atoms with E-state index in [1.165, 1.54) is 0 Å². The number of benzene rings is 3. The molecular weight excluding hydrogens is 485 g/mol. The van der Waals surface area contributed by atoms with Crippen LogP contribution in [-0.2, 0) is 6.61 Å². The monoisotopic (exact) mass is 501 g/mol. The first-order chi connectivity index (χ1) is 14.5. The van der Waals surface area contributed by atoms with Crippen LogP contribution in [0.2, 0.25) is 10.0 Å². The van der Waals surface area contributed by atoms with Crippen LogP contribution in [0.25, 0.3) is 11.6 Å². The quantitative estimate of drug-likeness (QED) is 0.244. The van der Waals surface area contributed by atoms with E-state index in [1.807, 2.05) is 49.4 Å². The van der Waals surface area contributed by atoms with Crippen LogP contribution in [0.5, 0.6) is 11.5 Å². The van der Waals surface area contributed by atoms with Crippen molar-refractivity contribution < 1.29 is 9.47 Å². The summed E-state index contributed by atoms with van der Waals surface area (Å²) >= 11 is 15.8. The molecule has 0 atom stereocenters. The van der Waals surface area contributed by atoms with Gasteiger partial charge in [0.1, 0.15) is 6.61 Å². The van der Waals surface area contributed by atoms with Crippen molar-refractivity contribution in [2.75, 3.05) is 6.61 Å². The van der Waals surface area contributed by atoms with Gasteiger partial charge in [0.25, 0.3) is 0 Å². The molecule has 6 heteroatoms. The van der Waals surface area contributed by atoms with Crippen LogP contribution in [0.4, 0.5) is 0 Å². The smallest absolute Gasteiger partial charge is 0.175 e. The first-order valence-electron chi connectivity index (χ1n) is 9.22. The van der Waals surface area contributed by atoms with Gasteiger partial charge in [-0.15, -0.1) is 0 Å². The molecular formula is C24H18BrCl2NO2. The highest BCUT2D eigenvalue weighted by molar-refractivity contribution is 9.10. The SMILES string of the molecule is CCOc1cc(/C=C(\C#N)c2ccc(Cl)cc2Cl)cc(Br)c1OCc1ccccc1. The van der Waals surface area contributed by atoms with E-state index >= 15 is 0 Å². The van der Waals surface area contributed by atoms with E-state index in [-0.39, 0.29) is 0 Å². The average molecular weight is 503 g/mol. The molecule has 0 saturated heterocycles. The molecule has 3 rings (SSSR count). The van der Waals surface area contributed by atoms with Gasteiger partial charge in [0.05, 0.1) is 27.7 Å². The average Bonchev–Trinajstić information content (AvgIpc) is 2.73. The molecule has 0 amide bonds. The number of ether oxygens (including phenoxy) is 2. The molecule has 0 radical (unpaired) electrons. The van der Waals surface area contributed by atoms with Crippen LogP contribution in [0.15, 0.2) is 65.1 Å². The van der Waals surface area contributed by atoms with E-state index in [0.29, 0.717) is 45.9 Å². The van der Waals surface area contributed by atoms with Gasteiger partial charge in [-0.2, -0.15) is 5.26 Å². The van der Waals surface area contributed by atoms with Crippen LogP contribution in [0.1, 0.15) is 23.6 Å². The number of allylic oxidation sites excluding steroid dienone is 1. The van der Waals surface area contributed by atoms with Crippen molar-refractivity contribution in [3.05, 3.63) is 91.9 Å². The number of hydrogen-bond acceptors (Lipinski definition) is 3. The number of nitrogens with zero attached hydrogens (tertiary/aromatic N) is 1. The molecule has 3 aromatic carbocycles. The maximum atomic E-state index is 9.66. The molecule has 0 aromatic heterocycles. The van der Waals surface area contributed by atoms with Gasteiger partial charge in [0.2, 0.25) is 0 Å². The molecule has 0 unspecified atom stereocenters. The Morgan fingerprint density at radius 1 is 1.07 bits per heavy atom. The van der Waals surface area contributed by atoms with Gasteiger partial charge in [-0.1, -0.05) is 59.6 Å². The molecule has 30 heavy (non-hydrogen) atoms. The molecule has 152 valence electrons. The minimum atomic E-state index is 0.415. The van der Waals surface area contributed by atoms with Crippen molar-refractivity contribution in [2.45, 2.75) is 13.5 Å². The standard InChI is InChI=1S/C24H18BrCl2NO2/c1-2-29-23-12-17(10-18(14-28)20-9-8-19(26)13-22(20)27)11-21(25)24(23)30-15-16-6-4-3-5-7-16/h3-13H,2,15H2,1H3/b18-10+. The summed E-state index contributed by atoms with van der Waals surface area (Å²) in [5.74, 6) is 1.20. The highest BCUT2D eigenvalue weighted by atomic mass is 79.9. The van der Waals surface area contributed by atoms with Crippen LogP contribution >= 0.6 is 39.1 Å². The summed E-state index contributed by atoms with van der Waals surface area (Å²) in [5.41, 5.74) is 2.87. The predicted molar refractivity (Wildman–Crippen MR) is 126 cm³/mol. The summed E-state index contributed by atoms with van der Waals surface area (Å²) < 4.78 is 12.5. The molecule has 3 nitrogen and oxygen atoms in total. The summed E-state index contributed by atoms with van der Waals surface area (Å²) in [6.07, 6.45) is 1.75. The molecule has 0 N–H and O–H groups in total. The summed E-state index contributed by atoms with van der Waals surface area (Å²) in [7, 11) is 0. The van der Waals surface area contributed by atoms with Crippen molar-refractivity contribution in [1.29, 1.82) is 5.26 Å². The van der Waals surface area contributed by atoms with E-state index in [0.717, 1.165) is 15.6 Å². The van der Waals surface area contributed by atoms with Gasteiger partial charge in [0, 0.05) is 10.6 Å². The lowest BCUT2D eigenvalue weighted by Crippen LogP contribution is -2.01. The highest BCUT2D eigenvalue weighted by Crippen LogP contribution is 2.39. The Bertz CT molecular complexity index is 1110. The van der Waals surface area contributed by atoms with Crippen molar-refractivity contribution in [3.8, 4) is 17.6 Å². The Hall–Kier alpha value is -2.45. The summed E-state index contributed by atoms with van der Waals surface area (Å²) in [6.45, 7) is 2.81. The Morgan fingerprint density at radius 3 is 2.50 bits per heavy atom. The molecule has 0 saturated carbocycles. The topological polar surface area (TPSA) is 42.2 Å².